The molecule has 7 nitrogen and oxygen atoms in total. The van der Waals surface area contributed by atoms with E-state index in [1.165, 1.54) is 24.4 Å². The fraction of sp³-hybridized carbons (Fsp3) is 0. The average molecular weight is 414 g/mol. The normalized spacial score (nSPS) is 12.0. The molecule has 0 atom stereocenters. The number of aromatic amines is 1. The summed E-state index contributed by atoms with van der Waals surface area (Å²) in [6, 6.07) is 5.10. The molecule has 0 saturated carbocycles. The van der Waals surface area contributed by atoms with Crippen LogP contribution in [0, 0.1) is 11.8 Å². The minimum atomic E-state index is -4.29. The zero-order chi connectivity index (χ0) is 19.8. The fourth-order valence-electron chi connectivity index (χ4n) is 2.31. The van der Waals surface area contributed by atoms with Crippen LogP contribution in [0.2, 0.25) is 5.02 Å². The predicted molar refractivity (Wildman–Crippen MR) is 94.9 cm³/mol. The molecule has 3 aromatic rings. The van der Waals surface area contributed by atoms with Crippen molar-refractivity contribution in [3.63, 3.8) is 0 Å². The number of H-pyrrole nitrogens is 1. The second kappa shape index (κ2) is 6.97. The molecular formula is C16H10ClF2N3O4S. The smallest absolute Gasteiger partial charge is 0.328 e. The number of nitrogens with zero attached hydrogens (tertiary/aromatic N) is 1. The van der Waals surface area contributed by atoms with Gasteiger partial charge >= 0.3 is 5.97 Å². The van der Waals surface area contributed by atoms with Gasteiger partial charge in [0, 0.05) is 33.8 Å². The van der Waals surface area contributed by atoms with Crippen LogP contribution in [-0.4, -0.2) is 29.5 Å². The number of fused-ring (bicyclic) bond motifs is 1. The molecule has 27 heavy (non-hydrogen) atoms. The Balaban J connectivity index is 1.98. The highest BCUT2D eigenvalue weighted by atomic mass is 35.5. The third kappa shape index (κ3) is 3.91. The van der Waals surface area contributed by atoms with Crippen molar-refractivity contribution in [2.24, 2.45) is 0 Å². The van der Waals surface area contributed by atoms with Crippen molar-refractivity contribution < 1.29 is 27.1 Å². The van der Waals surface area contributed by atoms with E-state index in [1.54, 1.807) is 0 Å². The molecule has 0 aliphatic heterocycles. The number of anilines is 1. The lowest BCUT2D eigenvalue weighted by molar-refractivity contribution is -0.131. The van der Waals surface area contributed by atoms with Gasteiger partial charge < -0.3 is 10.1 Å². The molecule has 0 amide bonds. The average Bonchev–Trinajstić information content (AvgIpc) is 3.00. The number of halogens is 3. The highest BCUT2D eigenvalue weighted by Crippen LogP contribution is 2.27. The number of aliphatic carboxylic acids is 1. The molecule has 0 radical (unpaired) electrons. The van der Waals surface area contributed by atoms with Gasteiger partial charge in [-0.2, -0.15) is 9.37 Å². The Morgan fingerprint density at radius 3 is 2.74 bits per heavy atom. The summed E-state index contributed by atoms with van der Waals surface area (Å²) in [6.07, 6.45) is 2.58. The van der Waals surface area contributed by atoms with Gasteiger partial charge in [-0.1, -0.05) is 11.6 Å². The molecule has 0 unspecified atom stereocenters. The molecule has 140 valence electrons. The van der Waals surface area contributed by atoms with E-state index in [0.29, 0.717) is 28.1 Å². The van der Waals surface area contributed by atoms with Crippen LogP contribution >= 0.6 is 11.6 Å². The number of rotatable bonds is 5. The van der Waals surface area contributed by atoms with Crippen molar-refractivity contribution in [2.45, 2.75) is 4.90 Å². The lowest BCUT2D eigenvalue weighted by Crippen LogP contribution is -2.15. The van der Waals surface area contributed by atoms with E-state index in [9.17, 15) is 22.0 Å². The first kappa shape index (κ1) is 18.8. The molecule has 11 heteroatoms. The van der Waals surface area contributed by atoms with E-state index in [2.05, 4.69) is 9.97 Å². The summed E-state index contributed by atoms with van der Waals surface area (Å²) in [6.45, 7) is 0. The maximum atomic E-state index is 14.1. The van der Waals surface area contributed by atoms with Crippen molar-refractivity contribution in [2.75, 3.05) is 4.72 Å². The lowest BCUT2D eigenvalue weighted by atomic mass is 10.2. The third-order valence-electron chi connectivity index (χ3n) is 3.49. The van der Waals surface area contributed by atoms with E-state index in [-0.39, 0.29) is 4.90 Å². The van der Waals surface area contributed by atoms with Crippen molar-refractivity contribution in [1.29, 1.82) is 0 Å². The maximum Gasteiger partial charge on any atom is 0.328 e. The molecule has 0 aliphatic rings. The van der Waals surface area contributed by atoms with Gasteiger partial charge in [0.1, 0.15) is 4.90 Å². The standard InChI is InChI=1S/C16H10ClF2N3O4S/c17-9-2-3-10-12(6-9)20-7-13(10)27(25,26)22-16-11(18)5-8(15(19)21-16)1-4-14(23)24/h1-7,20H,(H,21,22)(H,23,24). The first-order valence-electron chi connectivity index (χ1n) is 7.24. The monoisotopic (exact) mass is 413 g/mol. The van der Waals surface area contributed by atoms with Crippen LogP contribution in [0.1, 0.15) is 5.56 Å². The minimum absolute atomic E-state index is 0.203. The van der Waals surface area contributed by atoms with Crippen molar-refractivity contribution in [1.82, 2.24) is 9.97 Å². The van der Waals surface area contributed by atoms with Gasteiger partial charge in [0.2, 0.25) is 5.95 Å². The number of aromatic nitrogens is 2. The Labute approximate surface area is 156 Å². The first-order valence-corrected chi connectivity index (χ1v) is 9.10. The number of carbonyl (C=O) groups is 1. The Bertz CT molecular complexity index is 1190. The molecule has 3 N–H and O–H groups in total. The van der Waals surface area contributed by atoms with E-state index >= 15 is 0 Å². The summed E-state index contributed by atoms with van der Waals surface area (Å²) >= 11 is 5.84. The van der Waals surface area contributed by atoms with Crippen LogP contribution in [0.15, 0.2) is 41.4 Å². The Morgan fingerprint density at radius 2 is 2.04 bits per heavy atom. The van der Waals surface area contributed by atoms with E-state index in [1.807, 2.05) is 4.72 Å². The Morgan fingerprint density at radius 1 is 1.30 bits per heavy atom. The number of carboxylic acids is 1. The number of hydrogen-bond donors (Lipinski definition) is 3. The van der Waals surface area contributed by atoms with E-state index in [0.717, 1.165) is 6.08 Å². The van der Waals surface area contributed by atoms with Gasteiger partial charge in [0.05, 0.1) is 0 Å². The zero-order valence-corrected chi connectivity index (χ0v) is 14.8. The second-order valence-electron chi connectivity index (χ2n) is 5.32. The van der Waals surface area contributed by atoms with Gasteiger partial charge in [0.15, 0.2) is 11.6 Å². The van der Waals surface area contributed by atoms with Gasteiger partial charge in [0.25, 0.3) is 10.0 Å². The highest BCUT2D eigenvalue weighted by molar-refractivity contribution is 7.93. The van der Waals surface area contributed by atoms with Crippen LogP contribution in [0.25, 0.3) is 17.0 Å². The molecule has 2 aromatic heterocycles. The van der Waals surface area contributed by atoms with Crippen LogP contribution in [-0.2, 0) is 14.8 Å². The summed E-state index contributed by atoms with van der Waals surface area (Å²) in [4.78, 5) is 16.2. The van der Waals surface area contributed by atoms with Crippen molar-refractivity contribution in [3.8, 4) is 0 Å². The van der Waals surface area contributed by atoms with Gasteiger partial charge in [-0.05, 0) is 30.3 Å². The first-order chi connectivity index (χ1) is 12.7. The molecule has 0 bridgehead atoms. The summed E-state index contributed by atoms with van der Waals surface area (Å²) in [5, 5.41) is 9.22. The molecule has 1 aromatic carbocycles. The van der Waals surface area contributed by atoms with E-state index < -0.39 is 39.1 Å². The topological polar surface area (TPSA) is 112 Å². The summed E-state index contributed by atoms with van der Waals surface area (Å²) in [5.41, 5.74) is -0.00349. The third-order valence-corrected chi connectivity index (χ3v) is 5.10. The number of carboxylic acid groups (broad SMARTS) is 1. The number of nitrogens with one attached hydrogen (secondary N) is 2. The van der Waals surface area contributed by atoms with Gasteiger partial charge in [-0.15, -0.1) is 0 Å². The number of pyridine rings is 1. The minimum Gasteiger partial charge on any atom is -0.478 e. The fourth-order valence-corrected chi connectivity index (χ4v) is 3.67. The lowest BCUT2D eigenvalue weighted by Gasteiger charge is -2.08. The Hall–Kier alpha value is -2.98. The molecule has 0 fully saturated rings. The van der Waals surface area contributed by atoms with Gasteiger partial charge in [-0.3, -0.25) is 4.72 Å². The molecule has 3 rings (SSSR count). The highest BCUT2D eigenvalue weighted by Gasteiger charge is 2.22. The van der Waals surface area contributed by atoms with Crippen LogP contribution in [0.4, 0.5) is 14.6 Å². The van der Waals surface area contributed by atoms with Crippen LogP contribution in [0.5, 0.6) is 0 Å². The van der Waals surface area contributed by atoms with Crippen LogP contribution in [0.3, 0.4) is 0 Å². The Kier molecular flexibility index (Phi) is 4.85. The summed E-state index contributed by atoms with van der Waals surface area (Å²) < 4.78 is 55.0. The second-order valence-corrected chi connectivity index (χ2v) is 7.41. The molecular weight excluding hydrogens is 404 g/mol. The van der Waals surface area contributed by atoms with Crippen LogP contribution < -0.4 is 4.72 Å². The predicted octanol–water partition coefficient (Wildman–Crippen LogP) is 3.39. The molecule has 0 saturated heterocycles. The van der Waals surface area contributed by atoms with Crippen molar-refractivity contribution in [3.05, 3.63) is 58.9 Å². The zero-order valence-electron chi connectivity index (χ0n) is 13.2. The number of hydrogen-bond acceptors (Lipinski definition) is 4. The van der Waals surface area contributed by atoms with Gasteiger partial charge in [-0.25, -0.2) is 17.6 Å². The summed E-state index contributed by atoms with van der Waals surface area (Å²) in [7, 11) is -4.29. The number of sulfonamides is 1. The molecule has 0 spiro atoms. The quantitative estimate of drug-likeness (QED) is 0.438. The molecule has 0 aliphatic carbocycles. The van der Waals surface area contributed by atoms with Crippen molar-refractivity contribution >= 4 is 50.4 Å². The summed E-state index contributed by atoms with van der Waals surface area (Å²) in [5.74, 6) is -4.63. The molecule has 2 heterocycles. The maximum absolute atomic E-state index is 14.1. The number of benzene rings is 1. The largest absolute Gasteiger partial charge is 0.478 e. The van der Waals surface area contributed by atoms with E-state index in [4.69, 9.17) is 16.7 Å². The SMILES string of the molecule is O=C(O)C=Cc1cc(F)c(NS(=O)(=O)c2c[nH]c3cc(Cl)ccc23)nc1F.